The number of esters is 2. The molecule has 6 aromatic rings. The molecule has 6 aromatic carbocycles. The van der Waals surface area contributed by atoms with Crippen LogP contribution in [-0.4, -0.2) is 11.9 Å². The van der Waals surface area contributed by atoms with Crippen molar-refractivity contribution in [1.29, 1.82) is 0 Å². The Kier molecular flexibility index (Phi) is 9.26. The summed E-state index contributed by atoms with van der Waals surface area (Å²) in [5.41, 5.74) is 4.83. The van der Waals surface area contributed by atoms with Gasteiger partial charge in [0, 0.05) is 50.5 Å². The molecule has 0 amide bonds. The minimum Gasteiger partial charge on any atom is -0.456 e. The Morgan fingerprint density at radius 1 is 0.600 bits per heavy atom. The predicted molar refractivity (Wildman–Crippen MR) is 217 cm³/mol. The van der Waals surface area contributed by atoms with Gasteiger partial charge in [-0.25, -0.2) is 4.79 Å². The van der Waals surface area contributed by atoms with Crippen LogP contribution in [0.4, 0.5) is 0 Å². The molecule has 274 valence electrons. The molecule has 2 atom stereocenters. The summed E-state index contributed by atoms with van der Waals surface area (Å²) in [7, 11) is 0. The van der Waals surface area contributed by atoms with Crippen LogP contribution in [0.3, 0.4) is 0 Å². The third-order valence-corrected chi connectivity index (χ3v) is 11.5. The molecule has 0 bridgehead atoms. The lowest BCUT2D eigenvalue weighted by Gasteiger charge is -2.41. The second-order valence-corrected chi connectivity index (χ2v) is 16.5. The summed E-state index contributed by atoms with van der Waals surface area (Å²) in [5, 5.41) is 0. The molecular formula is C49H42O5S. The third kappa shape index (κ3) is 6.65. The third-order valence-electron chi connectivity index (χ3n) is 10.3. The molecule has 0 aliphatic carbocycles. The lowest BCUT2D eigenvalue weighted by Crippen LogP contribution is -2.41. The topological polar surface area (TPSA) is 61.8 Å². The Labute approximate surface area is 327 Å². The van der Waals surface area contributed by atoms with Gasteiger partial charge in [-0.1, -0.05) is 140 Å². The van der Waals surface area contributed by atoms with E-state index >= 15 is 0 Å². The van der Waals surface area contributed by atoms with E-state index in [1.165, 1.54) is 0 Å². The summed E-state index contributed by atoms with van der Waals surface area (Å²) < 4.78 is 19.9. The van der Waals surface area contributed by atoms with Crippen molar-refractivity contribution in [2.24, 2.45) is 5.41 Å². The molecule has 0 radical (unpaired) electrons. The molecule has 2 aliphatic rings. The van der Waals surface area contributed by atoms with Crippen molar-refractivity contribution < 1.29 is 23.8 Å². The first kappa shape index (κ1) is 36.1. The highest BCUT2D eigenvalue weighted by atomic mass is 32.2. The van der Waals surface area contributed by atoms with E-state index < -0.39 is 22.6 Å². The summed E-state index contributed by atoms with van der Waals surface area (Å²) in [6, 6.07) is 48.7. The van der Waals surface area contributed by atoms with Crippen LogP contribution in [0, 0.1) is 5.41 Å². The van der Waals surface area contributed by atoms with Crippen molar-refractivity contribution in [2.75, 3.05) is 0 Å². The van der Waals surface area contributed by atoms with Gasteiger partial charge in [0.25, 0.3) is 0 Å². The van der Waals surface area contributed by atoms with Gasteiger partial charge in [0.05, 0.1) is 5.41 Å². The molecule has 0 saturated heterocycles. The van der Waals surface area contributed by atoms with Gasteiger partial charge in [-0.15, -0.1) is 0 Å². The first-order chi connectivity index (χ1) is 26.5. The summed E-state index contributed by atoms with van der Waals surface area (Å²) in [4.78, 5) is 29.3. The van der Waals surface area contributed by atoms with Gasteiger partial charge >= 0.3 is 11.9 Å². The van der Waals surface area contributed by atoms with E-state index in [-0.39, 0.29) is 5.97 Å². The SMILES string of the molecule is C=C(C)C(=O)OC1(Cc2ccccc2)c2ccccc2Oc2cc(-c3ccc4c(c3)Sc3ccccc3C4(Cc3ccccc3)OC(=O)C(C)(C)C)ccc21. The maximum absolute atomic E-state index is 13.9. The van der Waals surface area contributed by atoms with Crippen molar-refractivity contribution in [2.45, 2.75) is 61.5 Å². The number of para-hydroxylation sites is 1. The van der Waals surface area contributed by atoms with Crippen molar-refractivity contribution in [3.05, 3.63) is 191 Å². The van der Waals surface area contributed by atoms with Gasteiger partial charge in [-0.2, -0.15) is 0 Å². The van der Waals surface area contributed by atoms with Gasteiger partial charge < -0.3 is 14.2 Å². The monoisotopic (exact) mass is 742 g/mol. The van der Waals surface area contributed by atoms with E-state index in [1.807, 2.05) is 118 Å². The molecule has 0 aromatic heterocycles. The second kappa shape index (κ2) is 14.1. The molecule has 2 aliphatic heterocycles. The lowest BCUT2D eigenvalue weighted by molar-refractivity contribution is -0.167. The molecule has 6 heteroatoms. The number of fused-ring (bicyclic) bond motifs is 4. The van der Waals surface area contributed by atoms with Gasteiger partial charge in [0.1, 0.15) is 11.5 Å². The summed E-state index contributed by atoms with van der Waals surface area (Å²) in [5.74, 6) is 0.496. The zero-order valence-corrected chi connectivity index (χ0v) is 32.2. The Morgan fingerprint density at radius 3 is 1.75 bits per heavy atom. The highest BCUT2D eigenvalue weighted by molar-refractivity contribution is 7.99. The molecule has 8 rings (SSSR count). The molecule has 5 nitrogen and oxygen atoms in total. The smallest absolute Gasteiger partial charge is 0.334 e. The molecule has 0 saturated carbocycles. The maximum atomic E-state index is 13.9. The standard InChI is InChI=1S/C49H42O5S/c1-32(2)45(50)53-48(30-33-16-8-6-9-17-33)37-20-12-14-22-41(37)52-42-28-35(24-26-38(42)48)36-25-27-40-44(29-36)55-43-23-15-13-21-39(43)49(40,54-46(51)47(3,4)5)31-34-18-10-7-11-19-34/h6-29H,1,30-31H2,2-5H3. The zero-order chi connectivity index (χ0) is 38.4. The first-order valence-corrected chi connectivity index (χ1v) is 19.3. The second-order valence-electron chi connectivity index (χ2n) is 15.4. The van der Waals surface area contributed by atoms with Crippen LogP contribution in [0.1, 0.15) is 61.1 Å². The van der Waals surface area contributed by atoms with Crippen LogP contribution >= 0.6 is 11.8 Å². The van der Waals surface area contributed by atoms with E-state index in [1.54, 1.807) is 18.7 Å². The lowest BCUT2D eigenvalue weighted by atomic mass is 9.77. The van der Waals surface area contributed by atoms with Gasteiger partial charge in [0.2, 0.25) is 0 Å². The van der Waals surface area contributed by atoms with E-state index in [0.29, 0.717) is 29.9 Å². The maximum Gasteiger partial charge on any atom is 0.334 e. The molecule has 0 fully saturated rings. The van der Waals surface area contributed by atoms with E-state index in [0.717, 1.165) is 54.3 Å². The van der Waals surface area contributed by atoms with Crippen LogP contribution < -0.4 is 4.74 Å². The van der Waals surface area contributed by atoms with Gasteiger partial charge in [0.15, 0.2) is 11.2 Å². The number of carbonyl (C=O) groups is 2. The fraction of sp³-hybridized carbons (Fsp3) is 0.184. The summed E-state index contributed by atoms with van der Waals surface area (Å²) in [6.07, 6.45) is 0.892. The largest absolute Gasteiger partial charge is 0.456 e. The molecule has 2 unspecified atom stereocenters. The van der Waals surface area contributed by atoms with Crippen LogP contribution in [0.5, 0.6) is 11.5 Å². The molecule has 0 spiro atoms. The Morgan fingerprint density at radius 2 is 1.11 bits per heavy atom. The normalized spacial score (nSPS) is 18.0. The van der Waals surface area contributed by atoms with Gasteiger partial charge in [-0.05, 0) is 74.2 Å². The Balaban J connectivity index is 1.27. The highest BCUT2D eigenvalue weighted by Crippen LogP contribution is 2.54. The van der Waals surface area contributed by atoms with Crippen LogP contribution in [0.25, 0.3) is 11.1 Å². The highest BCUT2D eigenvalue weighted by Gasteiger charge is 2.48. The van der Waals surface area contributed by atoms with Crippen LogP contribution in [-0.2, 0) is 43.1 Å². The summed E-state index contributed by atoms with van der Waals surface area (Å²) in [6.45, 7) is 11.2. The number of ether oxygens (including phenoxy) is 3. The van der Waals surface area contributed by atoms with E-state index in [9.17, 15) is 9.59 Å². The van der Waals surface area contributed by atoms with Gasteiger partial charge in [-0.3, -0.25) is 4.79 Å². The average Bonchev–Trinajstić information content (AvgIpc) is 3.18. The molecular weight excluding hydrogens is 701 g/mol. The number of hydrogen-bond acceptors (Lipinski definition) is 6. The first-order valence-electron chi connectivity index (χ1n) is 18.5. The minimum absolute atomic E-state index is 0.265. The van der Waals surface area contributed by atoms with Crippen molar-refractivity contribution >= 4 is 23.7 Å². The van der Waals surface area contributed by atoms with E-state index in [2.05, 4.69) is 55.1 Å². The molecule has 0 N–H and O–H groups in total. The van der Waals surface area contributed by atoms with Crippen LogP contribution in [0.15, 0.2) is 168 Å². The predicted octanol–water partition coefficient (Wildman–Crippen LogP) is 11.6. The Bertz CT molecular complexity index is 2450. The number of benzene rings is 6. The van der Waals surface area contributed by atoms with Crippen molar-refractivity contribution in [3.8, 4) is 22.6 Å². The zero-order valence-electron chi connectivity index (χ0n) is 31.4. The minimum atomic E-state index is -1.16. The van der Waals surface area contributed by atoms with Crippen LogP contribution in [0.2, 0.25) is 0 Å². The summed E-state index contributed by atoms with van der Waals surface area (Å²) >= 11 is 1.68. The number of carbonyl (C=O) groups excluding carboxylic acids is 2. The van der Waals surface area contributed by atoms with Crippen molar-refractivity contribution in [1.82, 2.24) is 0 Å². The quantitative estimate of drug-likeness (QED) is 0.114. The van der Waals surface area contributed by atoms with E-state index in [4.69, 9.17) is 14.2 Å². The Hall–Kier alpha value is -5.85. The number of rotatable bonds is 8. The fourth-order valence-corrected chi connectivity index (χ4v) is 8.80. The average molecular weight is 743 g/mol. The van der Waals surface area contributed by atoms with Crippen molar-refractivity contribution in [3.63, 3.8) is 0 Å². The fourth-order valence-electron chi connectivity index (χ4n) is 7.54. The molecule has 55 heavy (non-hydrogen) atoms. The number of hydrogen-bond donors (Lipinski definition) is 0. The molecule has 2 heterocycles.